The van der Waals surface area contributed by atoms with Crippen LogP contribution in [0.1, 0.15) is 24.2 Å². The third-order valence-corrected chi connectivity index (χ3v) is 5.56. The highest BCUT2D eigenvalue weighted by Gasteiger charge is 2.27. The molecule has 1 saturated heterocycles. The minimum Gasteiger partial charge on any atom is -0.493 e. The monoisotopic (exact) mass is 375 g/mol. The van der Waals surface area contributed by atoms with Crippen LogP contribution in [0.2, 0.25) is 5.02 Å². The Morgan fingerprint density at radius 1 is 1.29 bits per heavy atom. The molecule has 2 rings (SSSR count). The van der Waals surface area contributed by atoms with E-state index < -0.39 is 9.84 Å². The van der Waals surface area contributed by atoms with E-state index in [0.717, 1.165) is 0 Å². The average Bonchev–Trinajstić information content (AvgIpc) is 2.52. The van der Waals surface area contributed by atoms with E-state index in [4.69, 9.17) is 21.1 Å². The van der Waals surface area contributed by atoms with Crippen LogP contribution in [0.5, 0.6) is 11.5 Å². The SMILES string of the molecule is COc1cc(C(=O)N2CCS(=O)(=O)CC2)cc(Cl)c1OCC(C)C. The van der Waals surface area contributed by atoms with Crippen LogP contribution >= 0.6 is 11.6 Å². The molecule has 0 saturated carbocycles. The van der Waals surface area contributed by atoms with Crippen molar-refractivity contribution in [3.63, 3.8) is 0 Å². The summed E-state index contributed by atoms with van der Waals surface area (Å²) in [6.07, 6.45) is 0. The number of hydrogen-bond acceptors (Lipinski definition) is 5. The predicted molar refractivity (Wildman–Crippen MR) is 92.9 cm³/mol. The third-order valence-electron chi connectivity index (χ3n) is 3.67. The summed E-state index contributed by atoms with van der Waals surface area (Å²) in [5, 5.41) is 0.294. The maximum atomic E-state index is 12.6. The number of amides is 1. The minimum absolute atomic E-state index is 0.0147. The van der Waals surface area contributed by atoms with Gasteiger partial charge in [-0.05, 0) is 18.1 Å². The standard InChI is InChI=1S/C16H22ClNO5S/c1-11(2)10-23-15-13(17)8-12(9-14(15)22-3)16(19)18-4-6-24(20,21)7-5-18/h8-9,11H,4-7,10H2,1-3H3. The number of methoxy groups -OCH3 is 1. The highest BCUT2D eigenvalue weighted by molar-refractivity contribution is 7.91. The smallest absolute Gasteiger partial charge is 0.254 e. The van der Waals surface area contributed by atoms with Gasteiger partial charge in [0.2, 0.25) is 0 Å². The van der Waals surface area contributed by atoms with E-state index in [9.17, 15) is 13.2 Å². The summed E-state index contributed by atoms with van der Waals surface area (Å²) in [6.45, 7) is 4.89. The first-order valence-corrected chi connectivity index (χ1v) is 9.93. The Bertz CT molecular complexity index is 703. The van der Waals surface area contributed by atoms with Crippen molar-refractivity contribution < 1.29 is 22.7 Å². The molecule has 134 valence electrons. The lowest BCUT2D eigenvalue weighted by molar-refractivity contribution is 0.0770. The number of nitrogens with zero attached hydrogens (tertiary/aromatic N) is 1. The number of halogens is 1. The molecule has 0 radical (unpaired) electrons. The molecule has 0 atom stereocenters. The molecule has 1 aliphatic heterocycles. The lowest BCUT2D eigenvalue weighted by Gasteiger charge is -2.27. The molecule has 1 aromatic rings. The van der Waals surface area contributed by atoms with Crippen LogP contribution in [-0.2, 0) is 9.84 Å². The van der Waals surface area contributed by atoms with E-state index in [1.54, 1.807) is 6.07 Å². The van der Waals surface area contributed by atoms with Crippen LogP contribution in [0.25, 0.3) is 0 Å². The molecule has 6 nitrogen and oxygen atoms in total. The Kier molecular flexibility index (Phi) is 5.98. The first-order chi connectivity index (χ1) is 11.2. The van der Waals surface area contributed by atoms with Gasteiger partial charge in [0.05, 0.1) is 30.2 Å². The number of ether oxygens (including phenoxy) is 2. The first-order valence-electron chi connectivity index (χ1n) is 7.73. The molecular weight excluding hydrogens is 354 g/mol. The molecule has 0 bridgehead atoms. The van der Waals surface area contributed by atoms with Crippen molar-refractivity contribution in [3.8, 4) is 11.5 Å². The molecule has 1 fully saturated rings. The van der Waals surface area contributed by atoms with Gasteiger partial charge in [0.25, 0.3) is 5.91 Å². The first kappa shape index (κ1) is 18.9. The summed E-state index contributed by atoms with van der Waals surface area (Å²) in [5.74, 6) is 0.822. The zero-order valence-corrected chi connectivity index (χ0v) is 15.6. The minimum atomic E-state index is -3.04. The summed E-state index contributed by atoms with van der Waals surface area (Å²) >= 11 is 6.25. The van der Waals surface area contributed by atoms with Crippen LogP contribution in [0.4, 0.5) is 0 Å². The van der Waals surface area contributed by atoms with Crippen molar-refractivity contribution >= 4 is 27.3 Å². The van der Waals surface area contributed by atoms with E-state index in [0.29, 0.717) is 34.6 Å². The molecule has 0 aromatic heterocycles. The van der Waals surface area contributed by atoms with Crippen LogP contribution < -0.4 is 9.47 Å². The second kappa shape index (κ2) is 7.61. The fourth-order valence-corrected chi connectivity index (χ4v) is 3.80. The van der Waals surface area contributed by atoms with Crippen molar-refractivity contribution in [3.05, 3.63) is 22.7 Å². The largest absolute Gasteiger partial charge is 0.493 e. The Labute approximate surface area is 147 Å². The molecule has 0 unspecified atom stereocenters. The van der Waals surface area contributed by atoms with Gasteiger partial charge in [-0.25, -0.2) is 8.42 Å². The van der Waals surface area contributed by atoms with Crippen LogP contribution in [0.15, 0.2) is 12.1 Å². The number of carbonyl (C=O) groups excluding carboxylic acids is 1. The Morgan fingerprint density at radius 2 is 1.92 bits per heavy atom. The zero-order chi connectivity index (χ0) is 17.9. The van der Waals surface area contributed by atoms with E-state index in [-0.39, 0.29) is 30.5 Å². The lowest BCUT2D eigenvalue weighted by Crippen LogP contribution is -2.43. The van der Waals surface area contributed by atoms with Gasteiger partial charge >= 0.3 is 0 Å². The second-order valence-corrected chi connectivity index (χ2v) is 8.85. The van der Waals surface area contributed by atoms with Crippen LogP contribution in [0, 0.1) is 5.92 Å². The molecule has 24 heavy (non-hydrogen) atoms. The fraction of sp³-hybridized carbons (Fsp3) is 0.562. The molecule has 1 aromatic carbocycles. The van der Waals surface area contributed by atoms with Gasteiger partial charge in [-0.1, -0.05) is 25.4 Å². The van der Waals surface area contributed by atoms with E-state index in [1.165, 1.54) is 18.1 Å². The van der Waals surface area contributed by atoms with Crippen LogP contribution in [-0.4, -0.2) is 57.5 Å². The summed E-state index contributed by atoms with van der Waals surface area (Å²) in [6, 6.07) is 3.11. The van der Waals surface area contributed by atoms with Crippen molar-refractivity contribution in [1.29, 1.82) is 0 Å². The van der Waals surface area contributed by atoms with Gasteiger partial charge in [0.15, 0.2) is 21.3 Å². The average molecular weight is 376 g/mol. The Morgan fingerprint density at radius 3 is 2.46 bits per heavy atom. The Balaban J connectivity index is 2.21. The lowest BCUT2D eigenvalue weighted by atomic mass is 10.1. The number of carbonyl (C=O) groups is 1. The summed E-state index contributed by atoms with van der Waals surface area (Å²) in [7, 11) is -1.56. The maximum absolute atomic E-state index is 12.6. The number of sulfone groups is 1. The highest BCUT2D eigenvalue weighted by Crippen LogP contribution is 2.37. The molecule has 0 aliphatic carbocycles. The van der Waals surface area contributed by atoms with Gasteiger partial charge in [-0.3, -0.25) is 4.79 Å². The third kappa shape index (κ3) is 4.54. The molecule has 1 amide bonds. The molecule has 0 spiro atoms. The topological polar surface area (TPSA) is 72.9 Å². The Hall–Kier alpha value is -1.47. The van der Waals surface area contributed by atoms with Gasteiger partial charge in [0, 0.05) is 18.7 Å². The molecular formula is C16H22ClNO5S. The summed E-state index contributed by atoms with van der Waals surface area (Å²) in [5.41, 5.74) is 0.355. The number of hydrogen-bond donors (Lipinski definition) is 0. The normalized spacial score (nSPS) is 17.0. The van der Waals surface area contributed by atoms with Gasteiger partial charge in [-0.2, -0.15) is 0 Å². The fourth-order valence-electron chi connectivity index (χ4n) is 2.33. The molecule has 0 N–H and O–H groups in total. The van der Waals surface area contributed by atoms with Crippen LogP contribution in [0.3, 0.4) is 0 Å². The number of benzene rings is 1. The van der Waals surface area contributed by atoms with Crippen molar-refractivity contribution in [2.75, 3.05) is 38.3 Å². The summed E-state index contributed by atoms with van der Waals surface area (Å²) < 4.78 is 33.9. The van der Waals surface area contributed by atoms with Crippen molar-refractivity contribution in [2.24, 2.45) is 5.92 Å². The molecule has 8 heteroatoms. The predicted octanol–water partition coefficient (Wildman–Crippen LogP) is 2.25. The highest BCUT2D eigenvalue weighted by atomic mass is 35.5. The molecule has 1 heterocycles. The quantitative estimate of drug-likeness (QED) is 0.789. The zero-order valence-electron chi connectivity index (χ0n) is 14.0. The van der Waals surface area contributed by atoms with Crippen molar-refractivity contribution in [1.82, 2.24) is 4.90 Å². The summed E-state index contributed by atoms with van der Waals surface area (Å²) in [4.78, 5) is 14.1. The van der Waals surface area contributed by atoms with E-state index >= 15 is 0 Å². The van der Waals surface area contributed by atoms with Crippen molar-refractivity contribution in [2.45, 2.75) is 13.8 Å². The molecule has 1 aliphatic rings. The van der Waals surface area contributed by atoms with E-state index in [1.807, 2.05) is 13.8 Å². The van der Waals surface area contributed by atoms with E-state index in [2.05, 4.69) is 0 Å². The van der Waals surface area contributed by atoms with Gasteiger partial charge < -0.3 is 14.4 Å². The second-order valence-electron chi connectivity index (χ2n) is 6.14. The maximum Gasteiger partial charge on any atom is 0.254 e. The van der Waals surface area contributed by atoms with Gasteiger partial charge in [-0.15, -0.1) is 0 Å². The number of rotatable bonds is 5. The van der Waals surface area contributed by atoms with Gasteiger partial charge in [0.1, 0.15) is 0 Å².